The molecule has 8 heteroatoms. The molecule has 3 rings (SSSR count). The van der Waals surface area contributed by atoms with Gasteiger partial charge in [0.05, 0.1) is 32.0 Å². The zero-order chi connectivity index (χ0) is 34.2. The van der Waals surface area contributed by atoms with E-state index in [9.17, 15) is 9.59 Å². The van der Waals surface area contributed by atoms with Crippen molar-refractivity contribution in [3.8, 4) is 11.5 Å². The van der Waals surface area contributed by atoms with Gasteiger partial charge in [-0.15, -0.1) is 0 Å². The van der Waals surface area contributed by atoms with Gasteiger partial charge >= 0.3 is 11.9 Å². The van der Waals surface area contributed by atoms with Crippen molar-refractivity contribution >= 4 is 28.5 Å². The fourth-order valence-corrected chi connectivity index (χ4v) is 5.77. The smallest absolute Gasteiger partial charge is 0.325 e. The van der Waals surface area contributed by atoms with Gasteiger partial charge in [0.2, 0.25) is 0 Å². The number of fused-ring (bicyclic) bond motifs is 1. The van der Waals surface area contributed by atoms with Crippen molar-refractivity contribution in [2.75, 3.05) is 38.8 Å². The molecule has 48 heavy (non-hydrogen) atoms. The van der Waals surface area contributed by atoms with Crippen LogP contribution in [0.2, 0.25) is 0 Å². The fraction of sp³-hybridized carbons (Fsp3) is 0.575. The van der Waals surface area contributed by atoms with Crippen molar-refractivity contribution < 1.29 is 28.5 Å². The van der Waals surface area contributed by atoms with Crippen molar-refractivity contribution in [1.29, 1.82) is 0 Å². The van der Waals surface area contributed by atoms with Gasteiger partial charge < -0.3 is 23.8 Å². The number of unbranched alkanes of at least 4 members (excludes halogenated alkanes) is 15. The lowest BCUT2D eigenvalue weighted by Crippen LogP contribution is -2.35. The van der Waals surface area contributed by atoms with Crippen LogP contribution in [-0.4, -0.2) is 50.8 Å². The minimum Gasteiger partial charge on any atom is -0.493 e. The van der Waals surface area contributed by atoms with Gasteiger partial charge in [-0.1, -0.05) is 128 Å². The zero-order valence-corrected chi connectivity index (χ0v) is 29.7. The number of benzene rings is 2. The molecule has 8 nitrogen and oxygen atoms in total. The Hall–Kier alpha value is -3.81. The predicted octanol–water partition coefficient (Wildman–Crippen LogP) is 9.61. The second kappa shape index (κ2) is 23.5. The molecule has 0 bridgehead atoms. The number of carbonyl (C=O) groups is 2. The lowest BCUT2D eigenvalue weighted by atomic mass is 10.0. The Morgan fingerprint density at radius 2 is 1.15 bits per heavy atom. The average molecular weight is 663 g/mol. The Morgan fingerprint density at radius 3 is 1.71 bits per heavy atom. The maximum absolute atomic E-state index is 12.2. The van der Waals surface area contributed by atoms with Crippen molar-refractivity contribution in [2.45, 2.75) is 116 Å². The SMILES string of the molecule is CCCCCCCCCCCCCCCCCCOc1cc(OCc2ccc3ccccc3n2)cc(N(CC(=O)OC)CC(=O)OC)c1. The third-order valence-corrected chi connectivity index (χ3v) is 8.63. The first-order chi connectivity index (χ1) is 23.5. The van der Waals surface area contributed by atoms with Crippen LogP contribution >= 0.6 is 0 Å². The normalized spacial score (nSPS) is 11.0. The van der Waals surface area contributed by atoms with Crippen molar-refractivity contribution in [3.05, 3.63) is 60.3 Å². The maximum Gasteiger partial charge on any atom is 0.325 e. The molecule has 0 spiro atoms. The third kappa shape index (κ3) is 15.4. The molecule has 0 atom stereocenters. The van der Waals surface area contributed by atoms with Gasteiger partial charge in [-0.05, 0) is 18.6 Å². The Morgan fingerprint density at radius 1 is 0.625 bits per heavy atom. The molecule has 1 aromatic heterocycles. The van der Waals surface area contributed by atoms with E-state index in [-0.39, 0.29) is 19.7 Å². The summed E-state index contributed by atoms with van der Waals surface area (Å²) in [5.41, 5.74) is 2.28. The Labute approximate surface area is 288 Å². The molecule has 0 amide bonds. The van der Waals surface area contributed by atoms with Crippen molar-refractivity contribution in [3.63, 3.8) is 0 Å². The first kappa shape index (κ1) is 38.6. The van der Waals surface area contributed by atoms with Gasteiger partial charge in [0.25, 0.3) is 0 Å². The molecule has 0 saturated heterocycles. The number of nitrogens with zero attached hydrogens (tertiary/aromatic N) is 2. The quantitative estimate of drug-likeness (QED) is 0.0620. The molecular formula is C40H58N2O6. The molecule has 2 aromatic carbocycles. The summed E-state index contributed by atoms with van der Waals surface area (Å²) in [6, 6.07) is 17.4. The molecule has 0 fully saturated rings. The van der Waals surface area contributed by atoms with Gasteiger partial charge in [0.1, 0.15) is 31.2 Å². The second-order valence-electron chi connectivity index (χ2n) is 12.6. The first-order valence-electron chi connectivity index (χ1n) is 18.2. The number of pyridine rings is 1. The summed E-state index contributed by atoms with van der Waals surface area (Å²) in [6.07, 6.45) is 21.1. The summed E-state index contributed by atoms with van der Waals surface area (Å²) in [7, 11) is 2.64. The zero-order valence-electron chi connectivity index (χ0n) is 29.7. The molecule has 0 aliphatic heterocycles. The number of methoxy groups -OCH3 is 2. The van der Waals surface area contributed by atoms with E-state index < -0.39 is 11.9 Å². The van der Waals surface area contributed by atoms with Crippen LogP contribution in [0.4, 0.5) is 5.69 Å². The van der Waals surface area contributed by atoms with Crippen LogP contribution in [-0.2, 0) is 25.7 Å². The third-order valence-electron chi connectivity index (χ3n) is 8.63. The number of anilines is 1. The summed E-state index contributed by atoms with van der Waals surface area (Å²) >= 11 is 0. The molecule has 0 N–H and O–H groups in total. The molecule has 3 aromatic rings. The number of esters is 2. The Kier molecular flexibility index (Phi) is 18.9. The fourth-order valence-electron chi connectivity index (χ4n) is 5.77. The van der Waals surface area contributed by atoms with Gasteiger partial charge in [-0.3, -0.25) is 9.59 Å². The highest BCUT2D eigenvalue weighted by Gasteiger charge is 2.18. The molecule has 0 unspecified atom stereocenters. The molecule has 0 aliphatic carbocycles. The van der Waals surface area contributed by atoms with E-state index in [1.165, 1.54) is 104 Å². The molecular weight excluding hydrogens is 604 g/mol. The number of aromatic nitrogens is 1. The van der Waals surface area contributed by atoms with Crippen LogP contribution in [0.15, 0.2) is 54.6 Å². The maximum atomic E-state index is 12.2. The van der Waals surface area contributed by atoms with Crippen LogP contribution in [0.3, 0.4) is 0 Å². The second-order valence-corrected chi connectivity index (χ2v) is 12.6. The van der Waals surface area contributed by atoms with E-state index in [1.54, 1.807) is 11.0 Å². The molecule has 0 saturated carbocycles. The molecule has 0 aliphatic rings. The van der Waals surface area contributed by atoms with Gasteiger partial charge in [0, 0.05) is 29.3 Å². The van der Waals surface area contributed by atoms with E-state index in [4.69, 9.17) is 23.9 Å². The van der Waals surface area contributed by atoms with E-state index in [2.05, 4.69) is 6.92 Å². The lowest BCUT2D eigenvalue weighted by Gasteiger charge is -2.23. The van der Waals surface area contributed by atoms with Gasteiger partial charge in [-0.25, -0.2) is 4.98 Å². The van der Waals surface area contributed by atoms with Crippen LogP contribution in [0.1, 0.15) is 115 Å². The van der Waals surface area contributed by atoms with E-state index in [1.807, 2.05) is 48.5 Å². The predicted molar refractivity (Wildman–Crippen MR) is 194 cm³/mol. The first-order valence-corrected chi connectivity index (χ1v) is 18.2. The highest BCUT2D eigenvalue weighted by molar-refractivity contribution is 5.82. The molecule has 0 radical (unpaired) electrons. The summed E-state index contributed by atoms with van der Waals surface area (Å²) in [5, 5.41) is 1.06. The summed E-state index contributed by atoms with van der Waals surface area (Å²) in [5.74, 6) is 0.210. The highest BCUT2D eigenvalue weighted by Crippen LogP contribution is 2.30. The minimum atomic E-state index is -0.471. The Bertz CT molecular complexity index is 1330. The van der Waals surface area contributed by atoms with E-state index in [0.717, 1.165) is 29.4 Å². The number of hydrogen-bond donors (Lipinski definition) is 0. The van der Waals surface area contributed by atoms with Crippen molar-refractivity contribution in [1.82, 2.24) is 4.98 Å². The largest absolute Gasteiger partial charge is 0.493 e. The number of carbonyl (C=O) groups excluding carboxylic acids is 2. The van der Waals surface area contributed by atoms with E-state index in [0.29, 0.717) is 23.8 Å². The number of hydrogen-bond acceptors (Lipinski definition) is 8. The van der Waals surface area contributed by atoms with Crippen LogP contribution in [0.5, 0.6) is 11.5 Å². The summed E-state index contributed by atoms with van der Waals surface area (Å²) < 4.78 is 22.1. The average Bonchev–Trinajstić information content (AvgIpc) is 3.11. The standard InChI is InChI=1S/C40H58N2O6/c1-4-5-6-7-8-9-10-11-12-13-14-15-16-17-18-21-26-47-36-27-35(42(30-39(43)45-2)31-40(44)46-3)28-37(29-36)48-32-34-25-24-33-22-19-20-23-38(33)41-34/h19-20,22-25,27-29H,4-18,21,26,30-32H2,1-3H3. The molecule has 1 heterocycles. The van der Waals surface area contributed by atoms with Gasteiger partial charge in [-0.2, -0.15) is 0 Å². The summed E-state index contributed by atoms with van der Waals surface area (Å²) in [4.78, 5) is 30.7. The number of ether oxygens (including phenoxy) is 4. The van der Waals surface area contributed by atoms with Gasteiger partial charge in [0.15, 0.2) is 0 Å². The van der Waals surface area contributed by atoms with Crippen LogP contribution in [0.25, 0.3) is 10.9 Å². The highest BCUT2D eigenvalue weighted by atomic mass is 16.5. The van der Waals surface area contributed by atoms with Crippen molar-refractivity contribution in [2.24, 2.45) is 0 Å². The van der Waals surface area contributed by atoms with Crippen LogP contribution < -0.4 is 14.4 Å². The monoisotopic (exact) mass is 662 g/mol. The Balaban J connectivity index is 1.47. The van der Waals surface area contributed by atoms with Crippen LogP contribution in [0, 0.1) is 0 Å². The minimum absolute atomic E-state index is 0.125. The lowest BCUT2D eigenvalue weighted by molar-refractivity contribution is -0.140. The molecule has 264 valence electrons. The topological polar surface area (TPSA) is 87.2 Å². The summed E-state index contributed by atoms with van der Waals surface area (Å²) in [6.45, 7) is 2.85. The number of rotatable bonds is 26. The number of para-hydroxylation sites is 1. The van der Waals surface area contributed by atoms with E-state index >= 15 is 0 Å².